The van der Waals surface area contributed by atoms with Crippen LogP contribution in [0, 0.1) is 0 Å². The number of nitrogens with zero attached hydrogens (tertiary/aromatic N) is 2. The molecule has 2 rings (SSSR count). The van der Waals surface area contributed by atoms with Gasteiger partial charge in [0.1, 0.15) is 6.33 Å². The van der Waals surface area contributed by atoms with Crippen molar-refractivity contribution in [3.05, 3.63) is 60.2 Å². The van der Waals surface area contributed by atoms with Crippen LogP contribution in [0.1, 0.15) is 11.1 Å². The molecule has 1 heterocycles. The third-order valence-corrected chi connectivity index (χ3v) is 2.45. The first-order valence-electron chi connectivity index (χ1n) is 5.38. The van der Waals surface area contributed by atoms with Gasteiger partial charge in [-0.3, -0.25) is 0 Å². The zero-order valence-corrected chi connectivity index (χ0v) is 9.08. The molecular formula is C13H15N3. The van der Waals surface area contributed by atoms with E-state index in [1.165, 1.54) is 11.9 Å². The van der Waals surface area contributed by atoms with E-state index in [1.807, 2.05) is 30.6 Å². The van der Waals surface area contributed by atoms with Crippen molar-refractivity contribution < 1.29 is 0 Å². The first-order chi connectivity index (χ1) is 7.84. The van der Waals surface area contributed by atoms with Crippen LogP contribution in [0.5, 0.6) is 0 Å². The second-order valence-electron chi connectivity index (χ2n) is 3.90. The van der Waals surface area contributed by atoms with Crippen molar-refractivity contribution in [1.82, 2.24) is 9.97 Å². The molecule has 1 aromatic heterocycles. The van der Waals surface area contributed by atoms with Gasteiger partial charge in [0.05, 0.1) is 0 Å². The summed E-state index contributed by atoms with van der Waals surface area (Å²) in [4.78, 5) is 7.96. The molecule has 0 amide bonds. The van der Waals surface area contributed by atoms with Crippen molar-refractivity contribution in [1.29, 1.82) is 0 Å². The predicted molar refractivity (Wildman–Crippen MR) is 63.9 cm³/mol. The normalized spacial score (nSPS) is 12.3. The Balaban J connectivity index is 1.92. The second-order valence-corrected chi connectivity index (χ2v) is 3.90. The van der Waals surface area contributed by atoms with E-state index in [2.05, 4.69) is 22.1 Å². The molecule has 0 spiro atoms. The van der Waals surface area contributed by atoms with Crippen LogP contribution in [0.3, 0.4) is 0 Å². The molecule has 82 valence electrons. The van der Waals surface area contributed by atoms with E-state index in [0.717, 1.165) is 18.4 Å². The Morgan fingerprint density at radius 2 is 1.56 bits per heavy atom. The molecule has 0 fully saturated rings. The summed E-state index contributed by atoms with van der Waals surface area (Å²) in [5.74, 6) is 0. The molecule has 1 unspecified atom stereocenters. The smallest absolute Gasteiger partial charge is 0.115 e. The van der Waals surface area contributed by atoms with Crippen LogP contribution in [0.2, 0.25) is 0 Å². The fraction of sp³-hybridized carbons (Fsp3) is 0.231. The van der Waals surface area contributed by atoms with E-state index in [0.29, 0.717) is 0 Å². The number of benzene rings is 1. The van der Waals surface area contributed by atoms with Gasteiger partial charge in [-0.25, -0.2) is 9.97 Å². The van der Waals surface area contributed by atoms with Crippen LogP contribution in [0.25, 0.3) is 0 Å². The summed E-state index contributed by atoms with van der Waals surface area (Å²) in [6.07, 6.45) is 6.87. The first kappa shape index (κ1) is 10.8. The van der Waals surface area contributed by atoms with Crippen LogP contribution < -0.4 is 5.73 Å². The van der Waals surface area contributed by atoms with E-state index < -0.39 is 0 Å². The minimum absolute atomic E-state index is 0.119. The highest BCUT2D eigenvalue weighted by atomic mass is 14.8. The highest BCUT2D eigenvalue weighted by Gasteiger charge is 2.05. The zero-order chi connectivity index (χ0) is 11.2. The molecule has 0 aliphatic heterocycles. The summed E-state index contributed by atoms with van der Waals surface area (Å²) in [6.45, 7) is 0. The Morgan fingerprint density at radius 1 is 0.938 bits per heavy atom. The van der Waals surface area contributed by atoms with Gasteiger partial charge < -0.3 is 5.73 Å². The summed E-state index contributed by atoms with van der Waals surface area (Å²) in [7, 11) is 0. The van der Waals surface area contributed by atoms with E-state index >= 15 is 0 Å². The molecule has 0 aliphatic rings. The summed E-state index contributed by atoms with van der Waals surface area (Å²) < 4.78 is 0. The van der Waals surface area contributed by atoms with Crippen molar-refractivity contribution in [2.45, 2.75) is 18.9 Å². The minimum atomic E-state index is 0.119. The molecular weight excluding hydrogens is 198 g/mol. The molecule has 3 nitrogen and oxygen atoms in total. The Morgan fingerprint density at radius 3 is 2.25 bits per heavy atom. The molecule has 1 aromatic carbocycles. The third-order valence-electron chi connectivity index (χ3n) is 2.45. The van der Waals surface area contributed by atoms with Crippen LogP contribution in [0.15, 0.2) is 49.1 Å². The Bertz CT molecular complexity index is 372. The standard InChI is InChI=1S/C13H15N3/c14-13(6-11-4-2-1-3-5-11)7-12-8-15-10-16-9-12/h1-5,8-10,13H,6-7,14H2. The molecule has 0 saturated heterocycles. The average molecular weight is 213 g/mol. The van der Waals surface area contributed by atoms with Crippen molar-refractivity contribution in [3.63, 3.8) is 0 Å². The fourth-order valence-electron chi connectivity index (χ4n) is 1.73. The Kier molecular flexibility index (Phi) is 3.62. The van der Waals surface area contributed by atoms with Crippen LogP contribution in [-0.4, -0.2) is 16.0 Å². The zero-order valence-electron chi connectivity index (χ0n) is 9.08. The summed E-state index contributed by atoms with van der Waals surface area (Å²) in [5, 5.41) is 0. The lowest BCUT2D eigenvalue weighted by Gasteiger charge is -2.10. The average Bonchev–Trinajstić information content (AvgIpc) is 2.31. The molecule has 2 aromatic rings. The fourth-order valence-corrected chi connectivity index (χ4v) is 1.73. The molecule has 0 saturated carbocycles. The van der Waals surface area contributed by atoms with Crippen LogP contribution in [0.4, 0.5) is 0 Å². The molecule has 2 N–H and O–H groups in total. The van der Waals surface area contributed by atoms with Gasteiger partial charge >= 0.3 is 0 Å². The molecule has 0 bridgehead atoms. The second kappa shape index (κ2) is 5.37. The van der Waals surface area contributed by atoms with Gasteiger partial charge in [0.25, 0.3) is 0 Å². The topological polar surface area (TPSA) is 51.8 Å². The molecule has 0 radical (unpaired) electrons. The van der Waals surface area contributed by atoms with Crippen molar-refractivity contribution >= 4 is 0 Å². The van der Waals surface area contributed by atoms with Gasteiger partial charge in [-0.05, 0) is 24.0 Å². The Hall–Kier alpha value is -1.74. The lowest BCUT2D eigenvalue weighted by Crippen LogP contribution is -2.25. The maximum Gasteiger partial charge on any atom is 0.115 e. The van der Waals surface area contributed by atoms with Gasteiger partial charge in [-0.2, -0.15) is 0 Å². The van der Waals surface area contributed by atoms with E-state index in [4.69, 9.17) is 5.73 Å². The van der Waals surface area contributed by atoms with Gasteiger partial charge in [0.2, 0.25) is 0 Å². The maximum absolute atomic E-state index is 6.08. The molecule has 0 aliphatic carbocycles. The maximum atomic E-state index is 6.08. The SMILES string of the molecule is NC(Cc1ccccc1)Cc1cncnc1. The summed E-state index contributed by atoms with van der Waals surface area (Å²) in [6, 6.07) is 10.4. The first-order valence-corrected chi connectivity index (χ1v) is 5.38. The van der Waals surface area contributed by atoms with E-state index in [9.17, 15) is 0 Å². The number of hydrogen-bond acceptors (Lipinski definition) is 3. The van der Waals surface area contributed by atoms with Gasteiger partial charge in [0, 0.05) is 18.4 Å². The highest BCUT2D eigenvalue weighted by molar-refractivity contribution is 5.16. The lowest BCUT2D eigenvalue weighted by atomic mass is 10.0. The number of rotatable bonds is 4. The largest absolute Gasteiger partial charge is 0.327 e. The van der Waals surface area contributed by atoms with Crippen LogP contribution >= 0.6 is 0 Å². The van der Waals surface area contributed by atoms with Gasteiger partial charge in [-0.15, -0.1) is 0 Å². The Labute approximate surface area is 95.4 Å². The van der Waals surface area contributed by atoms with Gasteiger partial charge in [0.15, 0.2) is 0 Å². The highest BCUT2D eigenvalue weighted by Crippen LogP contribution is 2.05. The quantitative estimate of drug-likeness (QED) is 0.839. The van der Waals surface area contributed by atoms with Crippen molar-refractivity contribution in [2.75, 3.05) is 0 Å². The monoisotopic (exact) mass is 213 g/mol. The number of aromatic nitrogens is 2. The lowest BCUT2D eigenvalue weighted by molar-refractivity contribution is 0.661. The van der Waals surface area contributed by atoms with Crippen molar-refractivity contribution in [3.8, 4) is 0 Å². The van der Waals surface area contributed by atoms with E-state index in [1.54, 1.807) is 0 Å². The minimum Gasteiger partial charge on any atom is -0.327 e. The number of nitrogens with two attached hydrogens (primary N) is 1. The third kappa shape index (κ3) is 3.14. The van der Waals surface area contributed by atoms with Gasteiger partial charge in [-0.1, -0.05) is 30.3 Å². The van der Waals surface area contributed by atoms with Crippen LogP contribution in [-0.2, 0) is 12.8 Å². The summed E-state index contributed by atoms with van der Waals surface area (Å²) in [5.41, 5.74) is 8.44. The van der Waals surface area contributed by atoms with E-state index in [-0.39, 0.29) is 6.04 Å². The summed E-state index contributed by atoms with van der Waals surface area (Å²) >= 11 is 0. The number of hydrogen-bond donors (Lipinski definition) is 1. The predicted octanol–water partition coefficient (Wildman–Crippen LogP) is 1.59. The molecule has 3 heteroatoms. The van der Waals surface area contributed by atoms with Crippen molar-refractivity contribution in [2.24, 2.45) is 5.73 Å². The molecule has 16 heavy (non-hydrogen) atoms. The molecule has 1 atom stereocenters.